The summed E-state index contributed by atoms with van der Waals surface area (Å²) < 4.78 is 5.08. The normalized spacial score (nSPS) is 17.6. The second-order valence-electron chi connectivity index (χ2n) is 6.48. The standard InChI is InChI=1S/C20H25NO3/c1-24-19-8-7-15(13-18(19)22)14-21-11-9-17(10-12-21)20(23)16-5-3-2-4-6-16/h2-8,13,17,20,22-23H,9-12,14H2,1H3/t20-/m0/s1. The first-order valence-corrected chi connectivity index (χ1v) is 8.48. The van der Waals surface area contributed by atoms with Gasteiger partial charge >= 0.3 is 0 Å². The fourth-order valence-electron chi connectivity index (χ4n) is 3.44. The molecule has 0 saturated carbocycles. The summed E-state index contributed by atoms with van der Waals surface area (Å²) in [5.41, 5.74) is 2.09. The number of likely N-dealkylation sites (tertiary alicyclic amines) is 1. The van der Waals surface area contributed by atoms with Crippen LogP contribution in [-0.4, -0.2) is 35.3 Å². The van der Waals surface area contributed by atoms with Crippen LogP contribution in [0.2, 0.25) is 0 Å². The summed E-state index contributed by atoms with van der Waals surface area (Å²) in [6.07, 6.45) is 1.59. The predicted octanol–water partition coefficient (Wildman–Crippen LogP) is 3.35. The van der Waals surface area contributed by atoms with Gasteiger partial charge < -0.3 is 14.9 Å². The average molecular weight is 327 g/mol. The molecule has 1 aliphatic heterocycles. The largest absolute Gasteiger partial charge is 0.504 e. The minimum Gasteiger partial charge on any atom is -0.504 e. The second kappa shape index (κ2) is 7.69. The third-order valence-electron chi connectivity index (χ3n) is 4.87. The number of aliphatic hydroxyl groups is 1. The molecule has 0 spiro atoms. The van der Waals surface area contributed by atoms with E-state index in [1.165, 1.54) is 0 Å². The maximum absolute atomic E-state index is 10.5. The summed E-state index contributed by atoms with van der Waals surface area (Å²) in [6, 6.07) is 15.5. The van der Waals surface area contributed by atoms with Gasteiger partial charge in [-0.2, -0.15) is 0 Å². The number of phenols is 1. The first kappa shape index (κ1) is 16.8. The van der Waals surface area contributed by atoms with Crippen LogP contribution in [-0.2, 0) is 6.54 Å². The molecule has 1 aliphatic rings. The van der Waals surface area contributed by atoms with E-state index in [1.54, 1.807) is 19.2 Å². The summed E-state index contributed by atoms with van der Waals surface area (Å²) in [4.78, 5) is 2.37. The smallest absolute Gasteiger partial charge is 0.160 e. The van der Waals surface area contributed by atoms with Gasteiger partial charge in [0.15, 0.2) is 11.5 Å². The fourth-order valence-corrected chi connectivity index (χ4v) is 3.44. The molecule has 0 aliphatic carbocycles. The molecule has 4 heteroatoms. The van der Waals surface area contributed by atoms with Crippen molar-refractivity contribution < 1.29 is 14.9 Å². The fraction of sp³-hybridized carbons (Fsp3) is 0.400. The third-order valence-corrected chi connectivity index (χ3v) is 4.87. The summed E-state index contributed by atoms with van der Waals surface area (Å²) >= 11 is 0. The number of aromatic hydroxyl groups is 1. The van der Waals surface area contributed by atoms with Crippen molar-refractivity contribution in [2.24, 2.45) is 5.92 Å². The number of piperidine rings is 1. The molecule has 1 fully saturated rings. The highest BCUT2D eigenvalue weighted by Gasteiger charge is 2.26. The van der Waals surface area contributed by atoms with E-state index < -0.39 is 0 Å². The lowest BCUT2D eigenvalue weighted by Crippen LogP contribution is -2.35. The van der Waals surface area contributed by atoms with Crippen molar-refractivity contribution in [2.75, 3.05) is 20.2 Å². The number of hydrogen-bond acceptors (Lipinski definition) is 4. The van der Waals surface area contributed by atoms with Crippen molar-refractivity contribution in [1.29, 1.82) is 0 Å². The molecule has 0 aromatic heterocycles. The number of aliphatic hydroxyl groups excluding tert-OH is 1. The molecule has 1 atom stereocenters. The summed E-state index contributed by atoms with van der Waals surface area (Å²) in [5.74, 6) is 1.00. The highest BCUT2D eigenvalue weighted by Crippen LogP contribution is 2.32. The van der Waals surface area contributed by atoms with Crippen molar-refractivity contribution in [2.45, 2.75) is 25.5 Å². The molecule has 4 nitrogen and oxygen atoms in total. The zero-order valence-electron chi connectivity index (χ0n) is 14.1. The first-order valence-electron chi connectivity index (χ1n) is 8.48. The lowest BCUT2D eigenvalue weighted by atomic mass is 9.87. The van der Waals surface area contributed by atoms with Gasteiger partial charge in [-0.25, -0.2) is 0 Å². The van der Waals surface area contributed by atoms with Gasteiger partial charge in [0.2, 0.25) is 0 Å². The molecule has 0 bridgehead atoms. The van der Waals surface area contributed by atoms with E-state index in [9.17, 15) is 10.2 Å². The number of ether oxygens (including phenoxy) is 1. The van der Waals surface area contributed by atoms with Gasteiger partial charge in [0.1, 0.15) is 0 Å². The molecule has 1 saturated heterocycles. The Morgan fingerprint density at radius 1 is 1.12 bits per heavy atom. The molecule has 24 heavy (non-hydrogen) atoms. The molecular formula is C20H25NO3. The summed E-state index contributed by atoms with van der Waals surface area (Å²) in [5, 5.41) is 20.4. The van der Waals surface area contributed by atoms with Gasteiger partial charge in [-0.1, -0.05) is 36.4 Å². The highest BCUT2D eigenvalue weighted by molar-refractivity contribution is 5.41. The Morgan fingerprint density at radius 3 is 2.46 bits per heavy atom. The summed E-state index contributed by atoms with van der Waals surface area (Å²) in [7, 11) is 1.55. The molecule has 2 aromatic rings. The van der Waals surface area contributed by atoms with Crippen LogP contribution in [0.1, 0.15) is 30.1 Å². The zero-order chi connectivity index (χ0) is 16.9. The predicted molar refractivity (Wildman–Crippen MR) is 94.1 cm³/mol. The molecule has 0 unspecified atom stereocenters. The van der Waals surface area contributed by atoms with E-state index in [4.69, 9.17) is 4.74 Å². The number of methoxy groups -OCH3 is 1. The highest BCUT2D eigenvalue weighted by atomic mass is 16.5. The van der Waals surface area contributed by atoms with Crippen LogP contribution in [0.5, 0.6) is 11.5 Å². The number of rotatable bonds is 5. The van der Waals surface area contributed by atoms with Crippen LogP contribution >= 0.6 is 0 Å². The molecule has 2 N–H and O–H groups in total. The average Bonchev–Trinajstić information content (AvgIpc) is 2.63. The minimum absolute atomic E-state index is 0.185. The molecule has 0 radical (unpaired) electrons. The minimum atomic E-state index is -0.376. The maximum Gasteiger partial charge on any atom is 0.160 e. The Bertz CT molecular complexity index is 651. The van der Waals surface area contributed by atoms with Crippen molar-refractivity contribution in [3.05, 3.63) is 59.7 Å². The van der Waals surface area contributed by atoms with E-state index in [-0.39, 0.29) is 11.9 Å². The van der Waals surface area contributed by atoms with Crippen LogP contribution in [0.15, 0.2) is 48.5 Å². The molecule has 1 heterocycles. The molecule has 128 valence electrons. The number of hydrogen-bond donors (Lipinski definition) is 2. The maximum atomic E-state index is 10.5. The van der Waals surface area contributed by atoms with Crippen molar-refractivity contribution in [1.82, 2.24) is 4.90 Å². The number of benzene rings is 2. The zero-order valence-corrected chi connectivity index (χ0v) is 14.1. The summed E-state index contributed by atoms with van der Waals surface area (Å²) in [6.45, 7) is 2.73. The molecule has 3 rings (SSSR count). The van der Waals surface area contributed by atoms with Gasteiger partial charge in [0.25, 0.3) is 0 Å². The van der Waals surface area contributed by atoms with Crippen LogP contribution in [0.4, 0.5) is 0 Å². The molecular weight excluding hydrogens is 302 g/mol. The first-order chi connectivity index (χ1) is 11.7. The van der Waals surface area contributed by atoms with Crippen molar-refractivity contribution in [3.63, 3.8) is 0 Å². The van der Waals surface area contributed by atoms with Gasteiger partial charge in [-0.15, -0.1) is 0 Å². The van der Waals surface area contributed by atoms with Crippen LogP contribution in [0.3, 0.4) is 0 Å². The van der Waals surface area contributed by atoms with Crippen molar-refractivity contribution in [3.8, 4) is 11.5 Å². The van der Waals surface area contributed by atoms with E-state index in [1.807, 2.05) is 36.4 Å². The molecule has 2 aromatic carbocycles. The Labute approximate surface area is 143 Å². The van der Waals surface area contributed by atoms with Gasteiger partial charge in [0.05, 0.1) is 13.2 Å². The lowest BCUT2D eigenvalue weighted by Gasteiger charge is -2.34. The van der Waals surface area contributed by atoms with Crippen LogP contribution in [0.25, 0.3) is 0 Å². The van der Waals surface area contributed by atoms with Gasteiger partial charge in [-0.05, 0) is 55.1 Å². The van der Waals surface area contributed by atoms with Gasteiger partial charge in [0, 0.05) is 6.54 Å². The Hall–Kier alpha value is -2.04. The van der Waals surface area contributed by atoms with E-state index in [2.05, 4.69) is 4.90 Å². The Kier molecular flexibility index (Phi) is 5.38. The Balaban J connectivity index is 1.54. The number of nitrogens with zero attached hydrogens (tertiary/aromatic N) is 1. The van der Waals surface area contributed by atoms with Crippen LogP contribution < -0.4 is 4.74 Å². The second-order valence-corrected chi connectivity index (χ2v) is 6.48. The topological polar surface area (TPSA) is 52.9 Å². The van der Waals surface area contributed by atoms with E-state index >= 15 is 0 Å². The lowest BCUT2D eigenvalue weighted by molar-refractivity contribution is 0.0567. The monoisotopic (exact) mass is 327 g/mol. The van der Waals surface area contributed by atoms with Crippen molar-refractivity contribution >= 4 is 0 Å². The Morgan fingerprint density at radius 2 is 1.83 bits per heavy atom. The van der Waals surface area contributed by atoms with Gasteiger partial charge in [-0.3, -0.25) is 4.90 Å². The van der Waals surface area contributed by atoms with E-state index in [0.717, 1.165) is 43.6 Å². The third kappa shape index (κ3) is 3.89. The van der Waals surface area contributed by atoms with E-state index in [0.29, 0.717) is 11.7 Å². The number of phenolic OH excluding ortho intramolecular Hbond substituents is 1. The molecule has 0 amide bonds. The SMILES string of the molecule is COc1ccc(CN2CCC([C@@H](O)c3ccccc3)CC2)cc1O. The van der Waals surface area contributed by atoms with Crippen LogP contribution in [0, 0.1) is 5.92 Å². The quantitative estimate of drug-likeness (QED) is 0.884.